The van der Waals surface area contributed by atoms with Crippen molar-refractivity contribution >= 4 is 11.6 Å². The predicted octanol–water partition coefficient (Wildman–Crippen LogP) is 3.94. The van der Waals surface area contributed by atoms with E-state index in [-0.39, 0.29) is 35.8 Å². The predicted molar refractivity (Wildman–Crippen MR) is 94.6 cm³/mol. The van der Waals surface area contributed by atoms with E-state index in [1.165, 1.54) is 26.0 Å². The maximum absolute atomic E-state index is 12.0. The molecule has 5 nitrogen and oxygen atoms in total. The fourth-order valence-corrected chi connectivity index (χ4v) is 2.41. The molecule has 0 bridgehead atoms. The highest BCUT2D eigenvalue weighted by molar-refractivity contribution is 6.07. The molecule has 0 aromatic heterocycles. The van der Waals surface area contributed by atoms with Gasteiger partial charge < -0.3 is 14.6 Å². The minimum atomic E-state index is -0.426. The first-order valence-electron chi connectivity index (χ1n) is 7.78. The van der Waals surface area contributed by atoms with Crippen LogP contribution in [0.25, 0.3) is 0 Å². The van der Waals surface area contributed by atoms with E-state index in [0.717, 1.165) is 5.56 Å². The van der Waals surface area contributed by atoms with Crippen molar-refractivity contribution in [2.24, 2.45) is 0 Å². The minimum absolute atomic E-state index is 0.0351. The second-order valence-electron chi connectivity index (χ2n) is 5.46. The van der Waals surface area contributed by atoms with Crippen LogP contribution in [-0.4, -0.2) is 23.3 Å². The van der Waals surface area contributed by atoms with Crippen molar-refractivity contribution in [3.63, 3.8) is 0 Å². The first kappa shape index (κ1) is 18.3. The standard InChI is InChI=1S/C20H20O5/c1-4-10-24-16-11-17(25-12-15-8-6-5-7-9-15)19(14(3)22)20(23)18(16)13(2)21/h4-9,11,23H,1,10,12H2,2-3H3. The zero-order valence-electron chi connectivity index (χ0n) is 14.2. The third-order valence-corrected chi connectivity index (χ3v) is 3.53. The molecule has 0 aliphatic carbocycles. The number of aromatic hydroxyl groups is 1. The van der Waals surface area contributed by atoms with Gasteiger partial charge >= 0.3 is 0 Å². The molecule has 0 unspecified atom stereocenters. The third-order valence-electron chi connectivity index (χ3n) is 3.53. The Hall–Kier alpha value is -3.08. The lowest BCUT2D eigenvalue weighted by atomic mass is 10.0. The molecule has 25 heavy (non-hydrogen) atoms. The number of rotatable bonds is 8. The second-order valence-corrected chi connectivity index (χ2v) is 5.46. The summed E-state index contributed by atoms with van der Waals surface area (Å²) in [5, 5.41) is 10.5. The topological polar surface area (TPSA) is 72.8 Å². The number of ketones is 2. The van der Waals surface area contributed by atoms with Gasteiger partial charge in [-0.3, -0.25) is 9.59 Å². The summed E-state index contributed by atoms with van der Waals surface area (Å²) in [7, 11) is 0. The van der Waals surface area contributed by atoms with E-state index in [4.69, 9.17) is 9.47 Å². The molecule has 2 aromatic carbocycles. The Morgan fingerprint density at radius 1 is 1.04 bits per heavy atom. The van der Waals surface area contributed by atoms with Crippen molar-refractivity contribution in [1.29, 1.82) is 0 Å². The van der Waals surface area contributed by atoms with Gasteiger partial charge in [-0.25, -0.2) is 0 Å². The van der Waals surface area contributed by atoms with Gasteiger partial charge in [0.2, 0.25) is 0 Å². The third kappa shape index (κ3) is 4.26. The summed E-state index contributed by atoms with van der Waals surface area (Å²) in [4.78, 5) is 23.9. The van der Waals surface area contributed by atoms with E-state index in [2.05, 4.69) is 6.58 Å². The number of ether oxygens (including phenoxy) is 2. The molecule has 130 valence electrons. The quantitative estimate of drug-likeness (QED) is 0.582. The highest BCUT2D eigenvalue weighted by Crippen LogP contribution is 2.39. The van der Waals surface area contributed by atoms with Gasteiger partial charge in [-0.1, -0.05) is 43.0 Å². The average molecular weight is 340 g/mol. The first-order valence-corrected chi connectivity index (χ1v) is 7.78. The van der Waals surface area contributed by atoms with Crippen LogP contribution in [0.4, 0.5) is 0 Å². The van der Waals surface area contributed by atoms with Crippen LogP contribution in [0.2, 0.25) is 0 Å². The summed E-state index contributed by atoms with van der Waals surface area (Å²) < 4.78 is 11.2. The molecule has 0 spiro atoms. The summed E-state index contributed by atoms with van der Waals surface area (Å²) >= 11 is 0. The summed E-state index contributed by atoms with van der Waals surface area (Å²) in [6.45, 7) is 6.52. The monoisotopic (exact) mass is 340 g/mol. The number of phenolic OH excluding ortho intramolecular Hbond substituents is 1. The number of carbonyl (C=O) groups excluding carboxylic acids is 2. The van der Waals surface area contributed by atoms with Gasteiger partial charge in [-0.2, -0.15) is 0 Å². The average Bonchev–Trinajstić information content (AvgIpc) is 2.57. The SMILES string of the molecule is C=CCOc1cc(OCc2ccccc2)c(C(C)=O)c(O)c1C(C)=O. The van der Waals surface area contributed by atoms with Crippen LogP contribution in [0.15, 0.2) is 49.1 Å². The number of hydrogen-bond acceptors (Lipinski definition) is 5. The van der Waals surface area contributed by atoms with Crippen LogP contribution in [0.3, 0.4) is 0 Å². The zero-order chi connectivity index (χ0) is 18.4. The van der Waals surface area contributed by atoms with E-state index in [0.29, 0.717) is 0 Å². The van der Waals surface area contributed by atoms with Crippen LogP contribution >= 0.6 is 0 Å². The summed E-state index contributed by atoms with van der Waals surface area (Å²) in [5.74, 6) is -0.924. The smallest absolute Gasteiger partial charge is 0.167 e. The molecule has 0 heterocycles. The lowest BCUT2D eigenvalue weighted by Crippen LogP contribution is -2.08. The van der Waals surface area contributed by atoms with E-state index in [1.54, 1.807) is 0 Å². The molecular weight excluding hydrogens is 320 g/mol. The van der Waals surface area contributed by atoms with Crippen LogP contribution < -0.4 is 9.47 Å². The molecule has 1 N–H and O–H groups in total. The number of carbonyl (C=O) groups is 2. The Balaban J connectivity index is 2.48. The lowest BCUT2D eigenvalue weighted by molar-refractivity contribution is 0.100. The van der Waals surface area contributed by atoms with E-state index in [9.17, 15) is 14.7 Å². The lowest BCUT2D eigenvalue weighted by Gasteiger charge is -2.17. The fourth-order valence-electron chi connectivity index (χ4n) is 2.41. The molecule has 0 amide bonds. The Bertz CT molecular complexity index is 793. The van der Waals surface area contributed by atoms with Crippen LogP contribution in [0.1, 0.15) is 40.1 Å². The Morgan fingerprint density at radius 2 is 1.60 bits per heavy atom. The maximum Gasteiger partial charge on any atom is 0.167 e. The van der Waals surface area contributed by atoms with Gasteiger partial charge in [0.1, 0.15) is 41.6 Å². The van der Waals surface area contributed by atoms with Gasteiger partial charge in [-0.05, 0) is 19.4 Å². The number of Topliss-reactive ketones (excluding diaryl/α,β-unsaturated/α-hetero) is 2. The fraction of sp³-hybridized carbons (Fsp3) is 0.200. The van der Waals surface area contributed by atoms with Gasteiger partial charge in [0, 0.05) is 6.07 Å². The molecule has 2 aromatic rings. The van der Waals surface area contributed by atoms with E-state index < -0.39 is 17.3 Å². The van der Waals surface area contributed by atoms with Crippen molar-refractivity contribution in [2.75, 3.05) is 6.61 Å². The largest absolute Gasteiger partial charge is 0.506 e. The highest BCUT2D eigenvalue weighted by Gasteiger charge is 2.25. The van der Waals surface area contributed by atoms with Crippen molar-refractivity contribution in [1.82, 2.24) is 0 Å². The van der Waals surface area contributed by atoms with Gasteiger partial charge in [0.15, 0.2) is 11.6 Å². The van der Waals surface area contributed by atoms with Gasteiger partial charge in [0.25, 0.3) is 0 Å². The highest BCUT2D eigenvalue weighted by atomic mass is 16.5. The molecule has 0 aliphatic heterocycles. The van der Waals surface area contributed by atoms with E-state index in [1.807, 2.05) is 30.3 Å². The first-order chi connectivity index (χ1) is 12.0. The molecule has 5 heteroatoms. The molecule has 0 fully saturated rings. The minimum Gasteiger partial charge on any atom is -0.506 e. The van der Waals surface area contributed by atoms with Crippen LogP contribution in [0.5, 0.6) is 17.2 Å². The molecule has 0 atom stereocenters. The summed E-state index contributed by atoms with van der Waals surface area (Å²) in [5.41, 5.74) is 0.826. The van der Waals surface area contributed by atoms with Crippen LogP contribution in [0, 0.1) is 0 Å². The number of phenols is 1. The zero-order valence-corrected chi connectivity index (χ0v) is 14.2. The molecule has 2 rings (SSSR count). The van der Waals surface area contributed by atoms with E-state index >= 15 is 0 Å². The van der Waals surface area contributed by atoms with Crippen molar-refractivity contribution in [2.45, 2.75) is 20.5 Å². The summed E-state index contributed by atoms with van der Waals surface area (Å²) in [6, 6.07) is 10.9. The maximum atomic E-state index is 12.0. The van der Waals surface area contributed by atoms with Crippen molar-refractivity contribution < 1.29 is 24.2 Å². The Labute approximate surface area is 146 Å². The molecule has 0 aliphatic rings. The van der Waals surface area contributed by atoms with Gasteiger partial charge in [-0.15, -0.1) is 0 Å². The second kappa shape index (κ2) is 8.15. The molecule has 0 radical (unpaired) electrons. The molecular formula is C20H20O5. The van der Waals surface area contributed by atoms with Gasteiger partial charge in [0.05, 0.1) is 0 Å². The normalized spacial score (nSPS) is 10.2. The van der Waals surface area contributed by atoms with Crippen LogP contribution in [-0.2, 0) is 6.61 Å². The van der Waals surface area contributed by atoms with Crippen molar-refractivity contribution in [3.05, 3.63) is 65.7 Å². The van der Waals surface area contributed by atoms with Crippen molar-refractivity contribution in [3.8, 4) is 17.2 Å². The summed E-state index contributed by atoms with van der Waals surface area (Å²) in [6.07, 6.45) is 1.52. The molecule has 0 saturated carbocycles. The Kier molecular flexibility index (Phi) is 5.95. The Morgan fingerprint density at radius 3 is 2.12 bits per heavy atom. The number of benzene rings is 2. The number of hydrogen-bond donors (Lipinski definition) is 1. The molecule has 0 saturated heterocycles.